The highest BCUT2D eigenvalue weighted by atomic mass is 15.4. The van der Waals surface area contributed by atoms with E-state index < -0.39 is 0 Å². The first-order chi connectivity index (χ1) is 10.3. The van der Waals surface area contributed by atoms with Gasteiger partial charge in [-0.1, -0.05) is 0 Å². The fourth-order valence-electron chi connectivity index (χ4n) is 1.68. The van der Waals surface area contributed by atoms with Crippen LogP contribution in [0.25, 0.3) is 5.95 Å². The number of anilines is 2. The second-order valence-electron chi connectivity index (χ2n) is 4.11. The molecule has 0 saturated carbocycles. The first-order valence-corrected chi connectivity index (χ1v) is 6.19. The Bertz CT molecular complexity index is 696. The normalized spacial score (nSPS) is 10.3. The van der Waals surface area contributed by atoms with Crippen molar-refractivity contribution in [3.8, 4) is 5.95 Å². The minimum atomic E-state index is 0.269. The van der Waals surface area contributed by atoms with Crippen LogP contribution in [0, 0.1) is 0 Å². The zero-order chi connectivity index (χ0) is 14.5. The van der Waals surface area contributed by atoms with E-state index in [4.69, 9.17) is 5.84 Å². The van der Waals surface area contributed by atoms with E-state index in [0.29, 0.717) is 18.4 Å². The summed E-state index contributed by atoms with van der Waals surface area (Å²) in [4.78, 5) is 20.6. The first-order valence-electron chi connectivity index (χ1n) is 6.19. The molecule has 0 unspecified atom stereocenters. The van der Waals surface area contributed by atoms with E-state index in [1.807, 2.05) is 12.1 Å². The predicted molar refractivity (Wildman–Crippen MR) is 76.3 cm³/mol. The highest BCUT2D eigenvalue weighted by Crippen LogP contribution is 2.09. The lowest BCUT2D eigenvalue weighted by molar-refractivity contribution is 0.887. The highest BCUT2D eigenvalue weighted by molar-refractivity contribution is 5.37. The number of imidazole rings is 1. The van der Waals surface area contributed by atoms with E-state index >= 15 is 0 Å². The number of rotatable bonds is 5. The molecule has 0 saturated heterocycles. The van der Waals surface area contributed by atoms with E-state index in [1.165, 1.54) is 0 Å². The van der Waals surface area contributed by atoms with Gasteiger partial charge in [0.15, 0.2) is 0 Å². The summed E-state index contributed by atoms with van der Waals surface area (Å²) in [5.41, 5.74) is 3.49. The standard InChI is InChI=1S/C12H13N9/c13-20-11-17-10(16-7-9-1-3-14-4-2-9)18-12(19-11)21-6-5-15-8-21/h1-6,8H,7,13H2,(H2,16,17,18,19,20). The van der Waals surface area contributed by atoms with Crippen LogP contribution in [-0.4, -0.2) is 29.5 Å². The van der Waals surface area contributed by atoms with Crippen LogP contribution in [0.2, 0.25) is 0 Å². The number of nitrogens with zero attached hydrogens (tertiary/aromatic N) is 6. The van der Waals surface area contributed by atoms with E-state index in [2.05, 4.69) is 35.7 Å². The van der Waals surface area contributed by atoms with E-state index in [1.54, 1.807) is 35.7 Å². The molecule has 0 radical (unpaired) electrons. The summed E-state index contributed by atoms with van der Waals surface area (Å²) < 4.78 is 1.67. The molecule has 0 atom stereocenters. The number of hydrogen-bond donors (Lipinski definition) is 3. The lowest BCUT2D eigenvalue weighted by atomic mass is 10.3. The van der Waals surface area contributed by atoms with Crippen molar-refractivity contribution in [2.75, 3.05) is 10.7 Å². The van der Waals surface area contributed by atoms with Crippen molar-refractivity contribution in [2.45, 2.75) is 6.54 Å². The maximum Gasteiger partial charge on any atom is 0.243 e. The number of hydrazine groups is 1. The van der Waals surface area contributed by atoms with Gasteiger partial charge in [-0.05, 0) is 17.7 Å². The number of nitrogens with one attached hydrogen (secondary N) is 2. The average molecular weight is 283 g/mol. The minimum absolute atomic E-state index is 0.269. The summed E-state index contributed by atoms with van der Waals surface area (Å²) in [7, 11) is 0. The fraction of sp³-hybridized carbons (Fsp3) is 0.0833. The summed E-state index contributed by atoms with van der Waals surface area (Å²) in [6, 6.07) is 3.82. The number of pyridine rings is 1. The lowest BCUT2D eigenvalue weighted by Crippen LogP contribution is -2.15. The molecule has 3 aromatic heterocycles. The highest BCUT2D eigenvalue weighted by Gasteiger charge is 2.07. The fourth-order valence-corrected chi connectivity index (χ4v) is 1.68. The molecule has 0 spiro atoms. The third-order valence-corrected chi connectivity index (χ3v) is 2.69. The van der Waals surface area contributed by atoms with Gasteiger partial charge in [-0.2, -0.15) is 15.0 Å². The van der Waals surface area contributed by atoms with Gasteiger partial charge in [-0.3, -0.25) is 15.0 Å². The molecule has 3 aromatic rings. The molecule has 0 aromatic carbocycles. The summed E-state index contributed by atoms with van der Waals surface area (Å²) >= 11 is 0. The zero-order valence-electron chi connectivity index (χ0n) is 11.0. The van der Waals surface area contributed by atoms with Crippen molar-refractivity contribution in [1.82, 2.24) is 29.5 Å². The smallest absolute Gasteiger partial charge is 0.243 e. The molecule has 0 aliphatic carbocycles. The molecule has 106 valence electrons. The van der Waals surface area contributed by atoms with Crippen LogP contribution in [0.1, 0.15) is 5.56 Å². The van der Waals surface area contributed by atoms with Crippen LogP contribution in [0.4, 0.5) is 11.9 Å². The van der Waals surface area contributed by atoms with Gasteiger partial charge in [0.2, 0.25) is 17.8 Å². The van der Waals surface area contributed by atoms with Gasteiger partial charge in [-0.25, -0.2) is 10.8 Å². The van der Waals surface area contributed by atoms with Crippen molar-refractivity contribution in [1.29, 1.82) is 0 Å². The Morgan fingerprint density at radius 2 is 1.81 bits per heavy atom. The molecule has 3 heterocycles. The summed E-state index contributed by atoms with van der Waals surface area (Å²) in [6.45, 7) is 0.569. The van der Waals surface area contributed by atoms with Crippen LogP contribution in [0.5, 0.6) is 0 Å². The Balaban J connectivity index is 1.83. The molecule has 9 nitrogen and oxygen atoms in total. The molecule has 4 N–H and O–H groups in total. The lowest BCUT2D eigenvalue weighted by Gasteiger charge is -2.08. The SMILES string of the molecule is NNc1nc(NCc2ccncc2)nc(-n2ccnc2)n1. The van der Waals surface area contributed by atoms with Gasteiger partial charge < -0.3 is 5.32 Å². The van der Waals surface area contributed by atoms with Crippen molar-refractivity contribution in [3.05, 3.63) is 48.8 Å². The van der Waals surface area contributed by atoms with Gasteiger partial charge in [0.25, 0.3) is 0 Å². The molecular weight excluding hydrogens is 270 g/mol. The summed E-state index contributed by atoms with van der Waals surface area (Å²) in [6.07, 6.45) is 8.44. The molecule has 21 heavy (non-hydrogen) atoms. The van der Waals surface area contributed by atoms with Gasteiger partial charge >= 0.3 is 0 Å². The Morgan fingerprint density at radius 1 is 1.00 bits per heavy atom. The van der Waals surface area contributed by atoms with Gasteiger partial charge in [-0.15, -0.1) is 0 Å². The van der Waals surface area contributed by atoms with Crippen LogP contribution in [0.3, 0.4) is 0 Å². The zero-order valence-corrected chi connectivity index (χ0v) is 11.0. The molecule has 0 aliphatic rings. The molecule has 3 rings (SSSR count). The maximum absolute atomic E-state index is 5.38. The van der Waals surface area contributed by atoms with Crippen LogP contribution < -0.4 is 16.6 Å². The Morgan fingerprint density at radius 3 is 2.52 bits per heavy atom. The van der Waals surface area contributed by atoms with Crippen molar-refractivity contribution in [3.63, 3.8) is 0 Å². The minimum Gasteiger partial charge on any atom is -0.350 e. The summed E-state index contributed by atoms with van der Waals surface area (Å²) in [5.74, 6) is 6.49. The van der Waals surface area contributed by atoms with Gasteiger partial charge in [0.1, 0.15) is 6.33 Å². The predicted octanol–water partition coefficient (Wildman–Crippen LogP) is 0.350. The van der Waals surface area contributed by atoms with Crippen molar-refractivity contribution < 1.29 is 0 Å². The molecular formula is C12H13N9. The molecule has 9 heteroatoms. The quantitative estimate of drug-likeness (QED) is 0.453. The molecule has 0 amide bonds. The van der Waals surface area contributed by atoms with Crippen molar-refractivity contribution >= 4 is 11.9 Å². The first kappa shape index (κ1) is 12.9. The topological polar surface area (TPSA) is 119 Å². The maximum atomic E-state index is 5.38. The second kappa shape index (κ2) is 5.92. The number of hydrogen-bond acceptors (Lipinski definition) is 8. The van der Waals surface area contributed by atoms with Crippen LogP contribution in [-0.2, 0) is 6.54 Å². The van der Waals surface area contributed by atoms with Crippen LogP contribution >= 0.6 is 0 Å². The number of nitrogens with two attached hydrogens (primary N) is 1. The molecule has 0 aliphatic heterocycles. The largest absolute Gasteiger partial charge is 0.350 e. The van der Waals surface area contributed by atoms with Crippen LogP contribution in [0.15, 0.2) is 43.2 Å². The van der Waals surface area contributed by atoms with E-state index in [-0.39, 0.29) is 5.95 Å². The van der Waals surface area contributed by atoms with Gasteiger partial charge in [0, 0.05) is 31.3 Å². The third kappa shape index (κ3) is 3.09. The number of nitrogen functional groups attached to an aromatic ring is 1. The van der Waals surface area contributed by atoms with Gasteiger partial charge in [0.05, 0.1) is 0 Å². The van der Waals surface area contributed by atoms with E-state index in [9.17, 15) is 0 Å². The van der Waals surface area contributed by atoms with E-state index in [0.717, 1.165) is 5.56 Å². The second-order valence-corrected chi connectivity index (χ2v) is 4.11. The Labute approximate surface area is 120 Å². The third-order valence-electron chi connectivity index (χ3n) is 2.69. The average Bonchev–Trinajstić information content (AvgIpc) is 3.08. The molecule has 0 fully saturated rings. The summed E-state index contributed by atoms with van der Waals surface area (Å²) in [5, 5.41) is 3.12. The number of aromatic nitrogens is 6. The monoisotopic (exact) mass is 283 g/mol. The van der Waals surface area contributed by atoms with Crippen molar-refractivity contribution in [2.24, 2.45) is 5.84 Å². The Kier molecular flexibility index (Phi) is 3.65. The molecule has 0 bridgehead atoms. The Hall–Kier alpha value is -3.07.